The van der Waals surface area contributed by atoms with Gasteiger partial charge in [-0.3, -0.25) is 0 Å². The highest BCUT2D eigenvalue weighted by atomic mass is 16.5. The summed E-state index contributed by atoms with van der Waals surface area (Å²) in [7, 11) is 0. The van der Waals surface area contributed by atoms with Crippen LogP contribution in [0, 0.1) is 0 Å². The molecule has 0 aliphatic heterocycles. The van der Waals surface area contributed by atoms with Crippen LogP contribution in [0.4, 0.5) is 11.6 Å². The van der Waals surface area contributed by atoms with Crippen LogP contribution < -0.4 is 10.1 Å². The minimum atomic E-state index is 0.677. The normalized spacial score (nSPS) is 10.6. The molecular weight excluding hydrogens is 238 g/mol. The Labute approximate surface area is 111 Å². The summed E-state index contributed by atoms with van der Waals surface area (Å²) in [5.41, 5.74) is 2.95. The number of imidazole rings is 1. The number of anilines is 2. The lowest BCUT2D eigenvalue weighted by Gasteiger charge is -2.05. The van der Waals surface area contributed by atoms with Crippen LogP contribution in [0.5, 0.6) is 5.75 Å². The molecule has 19 heavy (non-hydrogen) atoms. The van der Waals surface area contributed by atoms with E-state index in [9.17, 15) is 0 Å². The number of fused-ring (bicyclic) bond motifs is 1. The molecule has 0 radical (unpaired) electrons. The van der Waals surface area contributed by atoms with Crippen LogP contribution >= 0.6 is 0 Å². The summed E-state index contributed by atoms with van der Waals surface area (Å²) in [4.78, 5) is 7.70. The van der Waals surface area contributed by atoms with Crippen molar-refractivity contribution in [3.05, 3.63) is 48.5 Å². The number of hydrogen-bond acceptors (Lipinski definition) is 3. The van der Waals surface area contributed by atoms with Crippen molar-refractivity contribution in [3.8, 4) is 5.75 Å². The summed E-state index contributed by atoms with van der Waals surface area (Å²) in [6.07, 6.45) is 0. The van der Waals surface area contributed by atoms with E-state index in [1.54, 1.807) is 0 Å². The zero-order valence-electron chi connectivity index (χ0n) is 10.7. The van der Waals surface area contributed by atoms with Crippen molar-refractivity contribution in [3.63, 3.8) is 0 Å². The van der Waals surface area contributed by atoms with E-state index in [4.69, 9.17) is 4.74 Å². The Morgan fingerprint density at radius 2 is 1.89 bits per heavy atom. The van der Waals surface area contributed by atoms with Crippen molar-refractivity contribution >= 4 is 22.7 Å². The van der Waals surface area contributed by atoms with E-state index < -0.39 is 0 Å². The molecule has 4 nitrogen and oxygen atoms in total. The highest BCUT2D eigenvalue weighted by Crippen LogP contribution is 2.20. The van der Waals surface area contributed by atoms with Gasteiger partial charge in [-0.15, -0.1) is 0 Å². The second-order valence-corrected chi connectivity index (χ2v) is 4.18. The van der Waals surface area contributed by atoms with Crippen molar-refractivity contribution in [2.45, 2.75) is 6.92 Å². The van der Waals surface area contributed by atoms with Gasteiger partial charge in [-0.1, -0.05) is 12.1 Å². The van der Waals surface area contributed by atoms with Gasteiger partial charge < -0.3 is 15.0 Å². The molecule has 0 saturated carbocycles. The Bertz CT molecular complexity index is 640. The van der Waals surface area contributed by atoms with Crippen molar-refractivity contribution < 1.29 is 4.74 Å². The number of nitrogens with zero attached hydrogens (tertiary/aromatic N) is 1. The van der Waals surface area contributed by atoms with Gasteiger partial charge in [-0.25, -0.2) is 4.98 Å². The minimum absolute atomic E-state index is 0.677. The Morgan fingerprint density at radius 3 is 2.63 bits per heavy atom. The summed E-state index contributed by atoms with van der Waals surface area (Å²) in [6, 6.07) is 15.8. The average Bonchev–Trinajstić information content (AvgIpc) is 2.83. The second kappa shape index (κ2) is 5.02. The fraction of sp³-hybridized carbons (Fsp3) is 0.133. The summed E-state index contributed by atoms with van der Waals surface area (Å²) in [5.74, 6) is 1.61. The molecule has 4 heteroatoms. The van der Waals surface area contributed by atoms with E-state index in [1.807, 2.05) is 55.5 Å². The number of aromatic amines is 1. The first-order valence-electron chi connectivity index (χ1n) is 6.30. The van der Waals surface area contributed by atoms with Gasteiger partial charge in [0.05, 0.1) is 17.6 Å². The molecule has 96 valence electrons. The zero-order valence-corrected chi connectivity index (χ0v) is 10.7. The largest absolute Gasteiger partial charge is 0.494 e. The number of rotatable bonds is 4. The maximum Gasteiger partial charge on any atom is 0.205 e. The lowest BCUT2D eigenvalue weighted by Crippen LogP contribution is -1.94. The van der Waals surface area contributed by atoms with Gasteiger partial charge in [-0.05, 0) is 43.3 Å². The number of H-pyrrole nitrogens is 1. The second-order valence-electron chi connectivity index (χ2n) is 4.18. The topological polar surface area (TPSA) is 49.9 Å². The van der Waals surface area contributed by atoms with Gasteiger partial charge in [0.15, 0.2) is 0 Å². The van der Waals surface area contributed by atoms with Gasteiger partial charge in [-0.2, -0.15) is 0 Å². The Hall–Kier alpha value is -2.49. The standard InChI is InChI=1S/C15H15N3O/c1-2-19-12-9-7-11(8-10-12)16-15-17-13-5-3-4-6-14(13)18-15/h3-10H,2H2,1H3,(H2,16,17,18). The molecule has 0 aliphatic rings. The Morgan fingerprint density at radius 1 is 1.11 bits per heavy atom. The summed E-state index contributed by atoms with van der Waals surface area (Å²) < 4.78 is 5.41. The molecule has 3 aromatic rings. The van der Waals surface area contributed by atoms with Crippen molar-refractivity contribution in [2.24, 2.45) is 0 Å². The quantitative estimate of drug-likeness (QED) is 0.745. The number of nitrogens with one attached hydrogen (secondary N) is 2. The molecule has 3 rings (SSSR count). The van der Waals surface area contributed by atoms with E-state index in [0.29, 0.717) is 6.61 Å². The highest BCUT2D eigenvalue weighted by molar-refractivity contribution is 5.78. The fourth-order valence-electron chi connectivity index (χ4n) is 1.95. The van der Waals surface area contributed by atoms with Crippen LogP contribution in [0.2, 0.25) is 0 Å². The Balaban J connectivity index is 1.80. The van der Waals surface area contributed by atoms with Crippen molar-refractivity contribution in [2.75, 3.05) is 11.9 Å². The SMILES string of the molecule is CCOc1ccc(Nc2nc3ccccc3[nH]2)cc1. The number of para-hydroxylation sites is 2. The predicted octanol–water partition coefficient (Wildman–Crippen LogP) is 3.71. The number of benzene rings is 2. The van der Waals surface area contributed by atoms with Gasteiger partial charge >= 0.3 is 0 Å². The molecule has 2 aromatic carbocycles. The number of hydrogen-bond donors (Lipinski definition) is 2. The van der Waals surface area contributed by atoms with Gasteiger partial charge in [0.2, 0.25) is 5.95 Å². The van der Waals surface area contributed by atoms with E-state index in [0.717, 1.165) is 28.4 Å². The van der Waals surface area contributed by atoms with E-state index in [2.05, 4.69) is 15.3 Å². The molecule has 0 saturated heterocycles. The molecular formula is C15H15N3O. The third-order valence-electron chi connectivity index (χ3n) is 2.82. The first-order chi connectivity index (χ1) is 9.35. The molecule has 0 amide bonds. The van der Waals surface area contributed by atoms with Crippen LogP contribution in [0.25, 0.3) is 11.0 Å². The van der Waals surface area contributed by atoms with E-state index in [1.165, 1.54) is 0 Å². The van der Waals surface area contributed by atoms with Crippen molar-refractivity contribution in [1.82, 2.24) is 9.97 Å². The number of ether oxygens (including phenoxy) is 1. The van der Waals surface area contributed by atoms with Crippen LogP contribution in [0.3, 0.4) is 0 Å². The zero-order chi connectivity index (χ0) is 13.1. The van der Waals surface area contributed by atoms with Gasteiger partial charge in [0, 0.05) is 5.69 Å². The first-order valence-corrected chi connectivity index (χ1v) is 6.30. The summed E-state index contributed by atoms with van der Waals surface area (Å²) in [5, 5.41) is 3.24. The van der Waals surface area contributed by atoms with Gasteiger partial charge in [0.1, 0.15) is 5.75 Å². The molecule has 0 aliphatic carbocycles. The maximum atomic E-state index is 5.41. The summed E-state index contributed by atoms with van der Waals surface area (Å²) in [6.45, 7) is 2.65. The van der Waals surface area contributed by atoms with E-state index in [-0.39, 0.29) is 0 Å². The van der Waals surface area contributed by atoms with E-state index >= 15 is 0 Å². The maximum absolute atomic E-state index is 5.41. The minimum Gasteiger partial charge on any atom is -0.494 e. The number of aromatic nitrogens is 2. The molecule has 1 heterocycles. The molecule has 2 N–H and O–H groups in total. The lowest BCUT2D eigenvalue weighted by molar-refractivity contribution is 0.340. The van der Waals surface area contributed by atoms with Crippen molar-refractivity contribution in [1.29, 1.82) is 0 Å². The lowest BCUT2D eigenvalue weighted by atomic mass is 10.3. The van der Waals surface area contributed by atoms with Crippen LogP contribution in [-0.2, 0) is 0 Å². The van der Waals surface area contributed by atoms with Crippen LogP contribution in [0.1, 0.15) is 6.92 Å². The third kappa shape index (κ3) is 2.52. The third-order valence-corrected chi connectivity index (χ3v) is 2.82. The Kier molecular flexibility index (Phi) is 3.06. The molecule has 0 spiro atoms. The first kappa shape index (κ1) is 11.6. The fourth-order valence-corrected chi connectivity index (χ4v) is 1.95. The van der Waals surface area contributed by atoms with Gasteiger partial charge in [0.25, 0.3) is 0 Å². The molecule has 0 unspecified atom stereocenters. The van der Waals surface area contributed by atoms with Crippen LogP contribution in [-0.4, -0.2) is 16.6 Å². The summed E-state index contributed by atoms with van der Waals surface area (Å²) >= 11 is 0. The molecule has 0 bridgehead atoms. The smallest absolute Gasteiger partial charge is 0.205 e. The predicted molar refractivity (Wildman–Crippen MR) is 77.0 cm³/mol. The molecule has 0 atom stereocenters. The average molecular weight is 253 g/mol. The highest BCUT2D eigenvalue weighted by Gasteiger charge is 2.02. The van der Waals surface area contributed by atoms with Crippen LogP contribution in [0.15, 0.2) is 48.5 Å². The monoisotopic (exact) mass is 253 g/mol. The molecule has 0 fully saturated rings. The molecule has 1 aromatic heterocycles.